The van der Waals surface area contributed by atoms with Crippen molar-refractivity contribution >= 4 is 17.9 Å². The largest absolute Gasteiger partial charge is 0.462 e. The number of ether oxygens (including phenoxy) is 3. The minimum atomic E-state index is -0.773. The van der Waals surface area contributed by atoms with E-state index in [1.54, 1.807) is 0 Å². The number of allylic oxidation sites excluding steroid dienone is 6. The first-order chi connectivity index (χ1) is 39.0. The van der Waals surface area contributed by atoms with Gasteiger partial charge >= 0.3 is 17.9 Å². The third kappa shape index (κ3) is 66.3. The molecule has 0 aromatic rings. The molecule has 0 bridgehead atoms. The Bertz CT molecular complexity index is 1320. The van der Waals surface area contributed by atoms with Gasteiger partial charge in [0.05, 0.1) is 0 Å². The van der Waals surface area contributed by atoms with Crippen LogP contribution in [0.3, 0.4) is 0 Å². The lowest BCUT2D eigenvalue weighted by Crippen LogP contribution is -2.30. The minimum Gasteiger partial charge on any atom is -0.462 e. The van der Waals surface area contributed by atoms with Gasteiger partial charge in [-0.3, -0.25) is 14.4 Å². The summed E-state index contributed by atoms with van der Waals surface area (Å²) in [6, 6.07) is 0. The fraction of sp³-hybridized carbons (Fsp3) is 0.877. The van der Waals surface area contributed by atoms with Crippen LogP contribution in [0.25, 0.3) is 0 Å². The highest BCUT2D eigenvalue weighted by Crippen LogP contribution is 2.19. The molecule has 1 unspecified atom stereocenters. The van der Waals surface area contributed by atoms with Crippen molar-refractivity contribution in [3.63, 3.8) is 0 Å². The molecule has 0 amide bonds. The van der Waals surface area contributed by atoms with Crippen LogP contribution in [0.15, 0.2) is 36.5 Å². The lowest BCUT2D eigenvalue weighted by molar-refractivity contribution is -0.167. The van der Waals surface area contributed by atoms with Gasteiger partial charge in [0.1, 0.15) is 13.2 Å². The van der Waals surface area contributed by atoms with E-state index in [9.17, 15) is 14.4 Å². The molecule has 0 aliphatic heterocycles. The van der Waals surface area contributed by atoms with E-state index in [1.807, 2.05) is 0 Å². The Hall–Kier alpha value is -2.37. The van der Waals surface area contributed by atoms with Crippen molar-refractivity contribution in [2.24, 2.45) is 0 Å². The van der Waals surface area contributed by atoms with E-state index in [2.05, 4.69) is 57.2 Å². The normalized spacial score (nSPS) is 12.2. The molecule has 79 heavy (non-hydrogen) atoms. The maximum absolute atomic E-state index is 12.9. The lowest BCUT2D eigenvalue weighted by atomic mass is 10.0. The molecule has 0 aromatic carbocycles. The molecule has 0 radical (unpaired) electrons. The minimum absolute atomic E-state index is 0.0702. The maximum Gasteiger partial charge on any atom is 0.306 e. The highest BCUT2D eigenvalue weighted by molar-refractivity contribution is 5.71. The molecule has 0 heterocycles. The monoisotopic (exact) mass is 1110 g/mol. The fourth-order valence-electron chi connectivity index (χ4n) is 10.8. The molecule has 0 aliphatic carbocycles. The van der Waals surface area contributed by atoms with Crippen LogP contribution in [0, 0.1) is 0 Å². The summed E-state index contributed by atoms with van der Waals surface area (Å²) in [6.07, 6.45) is 84.9. The van der Waals surface area contributed by atoms with Gasteiger partial charge in [0, 0.05) is 19.3 Å². The summed E-state index contributed by atoms with van der Waals surface area (Å²) in [5.74, 6) is -0.857. The van der Waals surface area contributed by atoms with Gasteiger partial charge in [0.25, 0.3) is 0 Å². The van der Waals surface area contributed by atoms with Crippen LogP contribution < -0.4 is 0 Å². The van der Waals surface area contributed by atoms with Gasteiger partial charge in [-0.2, -0.15) is 0 Å². The highest BCUT2D eigenvalue weighted by Gasteiger charge is 2.19. The first kappa shape index (κ1) is 76.6. The zero-order valence-corrected chi connectivity index (χ0v) is 53.4. The Morgan fingerprint density at radius 3 is 0.709 bits per heavy atom. The van der Waals surface area contributed by atoms with Gasteiger partial charge in [-0.05, 0) is 57.8 Å². The van der Waals surface area contributed by atoms with Gasteiger partial charge < -0.3 is 14.2 Å². The summed E-state index contributed by atoms with van der Waals surface area (Å²) < 4.78 is 16.9. The van der Waals surface area contributed by atoms with Gasteiger partial charge in [0.2, 0.25) is 0 Å². The molecule has 0 fully saturated rings. The second kappa shape index (κ2) is 68.1. The van der Waals surface area contributed by atoms with Crippen molar-refractivity contribution in [1.82, 2.24) is 0 Å². The third-order valence-corrected chi connectivity index (χ3v) is 16.1. The summed E-state index contributed by atoms with van der Waals surface area (Å²) in [7, 11) is 0. The number of rotatable bonds is 66. The van der Waals surface area contributed by atoms with E-state index in [4.69, 9.17) is 14.2 Å². The zero-order valence-electron chi connectivity index (χ0n) is 53.4. The highest BCUT2D eigenvalue weighted by atomic mass is 16.6. The first-order valence-corrected chi connectivity index (χ1v) is 35.5. The zero-order chi connectivity index (χ0) is 57.1. The average molecular weight is 1110 g/mol. The van der Waals surface area contributed by atoms with Crippen LogP contribution >= 0.6 is 0 Å². The Kier molecular flexibility index (Phi) is 66.1. The topological polar surface area (TPSA) is 78.9 Å². The Morgan fingerprint density at radius 1 is 0.253 bits per heavy atom. The standard InChI is InChI=1S/C73H136O6/c1-4-7-10-13-16-19-21-23-25-27-29-31-33-34-35-36-37-38-39-41-42-44-46-48-50-52-54-57-60-63-66-72(75)78-69-70(68-77-71(74)65-62-59-56-18-15-12-9-6-3)79-73(76)67-64-61-58-55-53-51-49-47-45-43-40-32-30-28-26-24-22-20-17-14-11-8-5-2/h22,24,28,30,40,43,70H,4-21,23,25-27,29,31-39,41-42,44-69H2,1-3H3/b24-22-,30-28-,43-40-. The number of esters is 3. The van der Waals surface area contributed by atoms with Crippen LogP contribution in [0.1, 0.15) is 393 Å². The third-order valence-electron chi connectivity index (χ3n) is 16.1. The summed E-state index contributed by atoms with van der Waals surface area (Å²) in [5.41, 5.74) is 0. The fourth-order valence-corrected chi connectivity index (χ4v) is 10.8. The van der Waals surface area contributed by atoms with Crippen LogP contribution in [0.2, 0.25) is 0 Å². The molecule has 0 saturated carbocycles. The summed E-state index contributed by atoms with van der Waals surface area (Å²) >= 11 is 0. The molecular weight excluding hydrogens is 973 g/mol. The second-order valence-corrected chi connectivity index (χ2v) is 24.2. The molecule has 0 saturated heterocycles. The second-order valence-electron chi connectivity index (χ2n) is 24.2. The van der Waals surface area contributed by atoms with Crippen molar-refractivity contribution in [2.45, 2.75) is 399 Å². The molecule has 464 valence electrons. The number of hydrogen-bond acceptors (Lipinski definition) is 6. The van der Waals surface area contributed by atoms with Crippen LogP contribution in [0.4, 0.5) is 0 Å². The van der Waals surface area contributed by atoms with Crippen LogP contribution in [-0.4, -0.2) is 37.2 Å². The molecule has 0 rings (SSSR count). The van der Waals surface area contributed by atoms with Gasteiger partial charge in [0.15, 0.2) is 6.10 Å². The van der Waals surface area contributed by atoms with Crippen molar-refractivity contribution in [3.05, 3.63) is 36.5 Å². The van der Waals surface area contributed by atoms with Gasteiger partial charge in [-0.1, -0.05) is 353 Å². The van der Waals surface area contributed by atoms with Crippen molar-refractivity contribution in [2.75, 3.05) is 13.2 Å². The van der Waals surface area contributed by atoms with E-state index in [-0.39, 0.29) is 31.1 Å². The summed E-state index contributed by atoms with van der Waals surface area (Å²) in [4.78, 5) is 38.2. The summed E-state index contributed by atoms with van der Waals surface area (Å²) in [5, 5.41) is 0. The Balaban J connectivity index is 4.06. The summed E-state index contributed by atoms with van der Waals surface area (Å²) in [6.45, 7) is 6.66. The maximum atomic E-state index is 12.9. The molecule has 0 aromatic heterocycles. The van der Waals surface area contributed by atoms with Crippen molar-refractivity contribution in [3.8, 4) is 0 Å². The smallest absolute Gasteiger partial charge is 0.306 e. The molecule has 0 aliphatic rings. The van der Waals surface area contributed by atoms with Crippen molar-refractivity contribution in [1.29, 1.82) is 0 Å². The predicted octanol–water partition coefficient (Wildman–Crippen LogP) is 24.3. The van der Waals surface area contributed by atoms with Gasteiger partial charge in [-0.25, -0.2) is 0 Å². The number of carbonyl (C=O) groups excluding carboxylic acids is 3. The average Bonchev–Trinajstić information content (AvgIpc) is 3.45. The van der Waals surface area contributed by atoms with E-state index in [1.165, 1.54) is 276 Å². The van der Waals surface area contributed by atoms with Crippen LogP contribution in [0.5, 0.6) is 0 Å². The molecule has 0 N–H and O–H groups in total. The van der Waals surface area contributed by atoms with E-state index < -0.39 is 6.10 Å². The predicted molar refractivity (Wildman–Crippen MR) is 344 cm³/mol. The number of carbonyl (C=O) groups is 3. The quantitative estimate of drug-likeness (QED) is 0.0261. The Labute approximate surface area is 493 Å². The van der Waals surface area contributed by atoms with E-state index >= 15 is 0 Å². The molecular formula is C73H136O6. The van der Waals surface area contributed by atoms with E-state index in [0.717, 1.165) is 77.0 Å². The molecule has 6 heteroatoms. The Morgan fingerprint density at radius 2 is 0.456 bits per heavy atom. The molecule has 6 nitrogen and oxygen atoms in total. The molecule has 1 atom stereocenters. The van der Waals surface area contributed by atoms with Gasteiger partial charge in [-0.15, -0.1) is 0 Å². The number of unbranched alkanes of at least 4 members (excludes halogenated alkanes) is 49. The van der Waals surface area contributed by atoms with Crippen molar-refractivity contribution < 1.29 is 28.6 Å². The molecule has 0 spiro atoms. The van der Waals surface area contributed by atoms with E-state index in [0.29, 0.717) is 19.3 Å². The number of hydrogen-bond donors (Lipinski definition) is 0. The first-order valence-electron chi connectivity index (χ1n) is 35.5. The lowest BCUT2D eigenvalue weighted by Gasteiger charge is -2.18. The van der Waals surface area contributed by atoms with Crippen LogP contribution in [-0.2, 0) is 28.6 Å². The SMILES string of the molecule is CCCCCCC/C=C\C/C=C\C/C=C\CCCCCCCCCCC(=O)OC(COC(=O)CCCCCCCCCC)COC(=O)CCCCCCCCCCCCCCCCCCCCCCCCCCCCCCCC.